The molecule has 1 aromatic heterocycles. The summed E-state index contributed by atoms with van der Waals surface area (Å²) in [6.07, 6.45) is 5.51. The van der Waals surface area contributed by atoms with Crippen LogP contribution in [0.4, 0.5) is 0 Å². The molecule has 20 heavy (non-hydrogen) atoms. The van der Waals surface area contributed by atoms with Gasteiger partial charge in [-0.25, -0.2) is 4.98 Å². The van der Waals surface area contributed by atoms with Gasteiger partial charge in [-0.15, -0.1) is 0 Å². The molecule has 0 bridgehead atoms. The van der Waals surface area contributed by atoms with E-state index in [0.717, 1.165) is 24.8 Å². The number of nitrogens with one attached hydrogen (secondary N) is 1. The molecule has 0 atom stereocenters. The predicted octanol–water partition coefficient (Wildman–Crippen LogP) is 3.69. The molecule has 0 radical (unpaired) electrons. The van der Waals surface area contributed by atoms with Gasteiger partial charge in [0.1, 0.15) is 5.75 Å². The highest BCUT2D eigenvalue weighted by atomic mass is 16.5. The number of nitrogens with zero attached hydrogens (tertiary/aromatic N) is 1. The molecule has 1 fully saturated rings. The zero-order valence-corrected chi connectivity index (χ0v) is 11.8. The monoisotopic (exact) mass is 268 g/mol. The molecule has 0 amide bonds. The first kappa shape index (κ1) is 13.1. The SMILES string of the molecule is CCc1cccc(Oc2ccc(CNC3CC3)cn2)c1. The Labute approximate surface area is 120 Å². The van der Waals surface area contributed by atoms with Crippen molar-refractivity contribution in [3.63, 3.8) is 0 Å². The second-order valence-electron chi connectivity index (χ2n) is 5.26. The molecule has 1 aliphatic rings. The van der Waals surface area contributed by atoms with E-state index in [1.807, 2.05) is 24.4 Å². The van der Waals surface area contributed by atoms with E-state index >= 15 is 0 Å². The number of rotatable bonds is 6. The van der Waals surface area contributed by atoms with Crippen LogP contribution in [0.5, 0.6) is 11.6 Å². The number of hydrogen-bond acceptors (Lipinski definition) is 3. The van der Waals surface area contributed by atoms with E-state index in [4.69, 9.17) is 4.74 Å². The molecular weight excluding hydrogens is 248 g/mol. The van der Waals surface area contributed by atoms with Gasteiger partial charge in [0, 0.05) is 24.8 Å². The smallest absolute Gasteiger partial charge is 0.219 e. The van der Waals surface area contributed by atoms with Gasteiger partial charge < -0.3 is 10.1 Å². The van der Waals surface area contributed by atoms with Crippen LogP contribution in [0, 0.1) is 0 Å². The molecule has 0 aliphatic heterocycles. The van der Waals surface area contributed by atoms with Gasteiger partial charge in [-0.2, -0.15) is 0 Å². The summed E-state index contributed by atoms with van der Waals surface area (Å²) in [5.41, 5.74) is 2.47. The fourth-order valence-corrected chi connectivity index (χ4v) is 2.08. The molecule has 0 saturated heterocycles. The van der Waals surface area contributed by atoms with Crippen molar-refractivity contribution in [3.8, 4) is 11.6 Å². The Morgan fingerprint density at radius 2 is 2.10 bits per heavy atom. The van der Waals surface area contributed by atoms with Crippen LogP contribution in [0.2, 0.25) is 0 Å². The van der Waals surface area contributed by atoms with E-state index in [-0.39, 0.29) is 0 Å². The number of aromatic nitrogens is 1. The number of ether oxygens (including phenoxy) is 1. The lowest BCUT2D eigenvalue weighted by atomic mass is 10.2. The Morgan fingerprint density at radius 3 is 2.80 bits per heavy atom. The largest absolute Gasteiger partial charge is 0.439 e. The van der Waals surface area contributed by atoms with Crippen LogP contribution in [0.1, 0.15) is 30.9 Å². The molecular formula is C17H20N2O. The lowest BCUT2D eigenvalue weighted by Crippen LogP contribution is -2.15. The zero-order chi connectivity index (χ0) is 13.8. The topological polar surface area (TPSA) is 34.1 Å². The third-order valence-corrected chi connectivity index (χ3v) is 3.50. The third kappa shape index (κ3) is 3.58. The van der Waals surface area contributed by atoms with E-state index in [1.54, 1.807) is 0 Å². The fourth-order valence-electron chi connectivity index (χ4n) is 2.08. The predicted molar refractivity (Wildman–Crippen MR) is 80.0 cm³/mol. The second-order valence-corrected chi connectivity index (χ2v) is 5.26. The average Bonchev–Trinajstić information content (AvgIpc) is 3.31. The number of hydrogen-bond donors (Lipinski definition) is 1. The molecule has 1 N–H and O–H groups in total. The molecule has 3 heteroatoms. The quantitative estimate of drug-likeness (QED) is 0.867. The highest BCUT2D eigenvalue weighted by Gasteiger charge is 2.19. The summed E-state index contributed by atoms with van der Waals surface area (Å²) in [7, 11) is 0. The van der Waals surface area contributed by atoms with Crippen LogP contribution in [0.15, 0.2) is 42.6 Å². The Kier molecular flexibility index (Phi) is 3.97. The first-order valence-electron chi connectivity index (χ1n) is 7.28. The van der Waals surface area contributed by atoms with Crippen LogP contribution in [-0.2, 0) is 13.0 Å². The van der Waals surface area contributed by atoms with Crippen molar-refractivity contribution in [1.82, 2.24) is 10.3 Å². The summed E-state index contributed by atoms with van der Waals surface area (Å²) in [5, 5.41) is 3.48. The van der Waals surface area contributed by atoms with Crippen LogP contribution >= 0.6 is 0 Å². The highest BCUT2D eigenvalue weighted by molar-refractivity contribution is 5.32. The van der Waals surface area contributed by atoms with Gasteiger partial charge in [0.2, 0.25) is 5.88 Å². The van der Waals surface area contributed by atoms with Crippen molar-refractivity contribution in [3.05, 3.63) is 53.7 Å². The summed E-state index contributed by atoms with van der Waals surface area (Å²) < 4.78 is 5.78. The van der Waals surface area contributed by atoms with E-state index in [2.05, 4.69) is 35.4 Å². The van der Waals surface area contributed by atoms with Gasteiger partial charge in [0.05, 0.1) is 0 Å². The molecule has 3 rings (SSSR count). The maximum absolute atomic E-state index is 5.78. The van der Waals surface area contributed by atoms with Gasteiger partial charge in [0.25, 0.3) is 0 Å². The minimum absolute atomic E-state index is 0.647. The molecule has 3 nitrogen and oxygen atoms in total. The summed E-state index contributed by atoms with van der Waals surface area (Å²) in [5.74, 6) is 1.49. The van der Waals surface area contributed by atoms with Crippen molar-refractivity contribution in [2.24, 2.45) is 0 Å². The first-order valence-corrected chi connectivity index (χ1v) is 7.28. The summed E-state index contributed by atoms with van der Waals surface area (Å²) in [6.45, 7) is 3.03. The molecule has 2 aromatic rings. The van der Waals surface area contributed by atoms with Crippen molar-refractivity contribution in [2.75, 3.05) is 0 Å². The Morgan fingerprint density at radius 1 is 1.20 bits per heavy atom. The summed E-state index contributed by atoms with van der Waals surface area (Å²) in [6, 6.07) is 12.9. The molecule has 0 unspecified atom stereocenters. The van der Waals surface area contributed by atoms with Crippen LogP contribution in [0.3, 0.4) is 0 Å². The molecule has 0 spiro atoms. The summed E-state index contributed by atoms with van der Waals surface area (Å²) >= 11 is 0. The van der Waals surface area contributed by atoms with Crippen LogP contribution in [0.25, 0.3) is 0 Å². The van der Waals surface area contributed by atoms with Gasteiger partial charge in [-0.3, -0.25) is 0 Å². The standard InChI is InChI=1S/C17H20N2O/c1-2-13-4-3-5-16(10-13)20-17-9-6-14(12-19-17)11-18-15-7-8-15/h3-6,9-10,12,15,18H,2,7-8,11H2,1H3. The van der Waals surface area contributed by atoms with Gasteiger partial charge in [0.15, 0.2) is 0 Å². The van der Waals surface area contributed by atoms with Gasteiger partial charge in [-0.1, -0.05) is 25.1 Å². The Balaban J connectivity index is 1.61. The lowest BCUT2D eigenvalue weighted by Gasteiger charge is -2.07. The molecule has 1 heterocycles. The number of aryl methyl sites for hydroxylation is 1. The zero-order valence-electron chi connectivity index (χ0n) is 11.8. The maximum Gasteiger partial charge on any atom is 0.219 e. The van der Waals surface area contributed by atoms with Crippen molar-refractivity contribution in [1.29, 1.82) is 0 Å². The van der Waals surface area contributed by atoms with E-state index in [1.165, 1.54) is 24.0 Å². The number of pyridine rings is 1. The van der Waals surface area contributed by atoms with Crippen molar-refractivity contribution in [2.45, 2.75) is 38.8 Å². The normalized spacial score (nSPS) is 14.2. The highest BCUT2D eigenvalue weighted by Crippen LogP contribution is 2.22. The van der Waals surface area contributed by atoms with Crippen LogP contribution < -0.4 is 10.1 Å². The van der Waals surface area contributed by atoms with Crippen molar-refractivity contribution >= 4 is 0 Å². The molecule has 104 valence electrons. The molecule has 1 aromatic carbocycles. The number of benzene rings is 1. The second kappa shape index (κ2) is 6.06. The van der Waals surface area contributed by atoms with Crippen LogP contribution in [-0.4, -0.2) is 11.0 Å². The minimum atomic E-state index is 0.647. The minimum Gasteiger partial charge on any atom is -0.439 e. The Hall–Kier alpha value is -1.87. The van der Waals surface area contributed by atoms with E-state index in [9.17, 15) is 0 Å². The summed E-state index contributed by atoms with van der Waals surface area (Å²) in [4.78, 5) is 4.37. The molecule has 1 saturated carbocycles. The van der Waals surface area contributed by atoms with Gasteiger partial charge >= 0.3 is 0 Å². The lowest BCUT2D eigenvalue weighted by molar-refractivity contribution is 0.461. The molecule has 1 aliphatic carbocycles. The fraction of sp³-hybridized carbons (Fsp3) is 0.353. The maximum atomic E-state index is 5.78. The van der Waals surface area contributed by atoms with E-state index in [0.29, 0.717) is 5.88 Å². The average molecular weight is 268 g/mol. The third-order valence-electron chi connectivity index (χ3n) is 3.50. The Bertz CT molecular complexity index is 561. The first-order chi connectivity index (χ1) is 9.83. The van der Waals surface area contributed by atoms with Gasteiger partial charge in [-0.05, 0) is 42.5 Å². The van der Waals surface area contributed by atoms with E-state index < -0.39 is 0 Å². The van der Waals surface area contributed by atoms with Crippen molar-refractivity contribution < 1.29 is 4.74 Å².